The Balaban J connectivity index is 1.73. The summed E-state index contributed by atoms with van der Waals surface area (Å²) < 4.78 is 42.4. The summed E-state index contributed by atoms with van der Waals surface area (Å²) >= 11 is 1.77. The van der Waals surface area contributed by atoms with Crippen molar-refractivity contribution >= 4 is 43.3 Å². The molecule has 0 spiro atoms. The van der Waals surface area contributed by atoms with Gasteiger partial charge in [-0.2, -0.15) is 11.8 Å². The van der Waals surface area contributed by atoms with Crippen molar-refractivity contribution in [2.24, 2.45) is 0 Å². The Morgan fingerprint density at radius 2 is 0.706 bits per heavy atom. The van der Waals surface area contributed by atoms with Crippen LogP contribution in [-0.4, -0.2) is 87.8 Å². The number of nitro benzene ring substituents is 4. The summed E-state index contributed by atoms with van der Waals surface area (Å²) in [4.78, 5) is 48.4. The van der Waals surface area contributed by atoms with E-state index in [2.05, 4.69) is 0 Å². The molecule has 1 aliphatic rings. The van der Waals surface area contributed by atoms with Crippen molar-refractivity contribution in [3.8, 4) is 23.0 Å². The van der Waals surface area contributed by atoms with Gasteiger partial charge >= 0.3 is 8.80 Å². The number of nitro groups is 4. The molecule has 0 aliphatic heterocycles. The molecule has 0 unspecified atom stereocenters. The molecule has 0 fully saturated rings. The normalized spacial score (nSPS) is 12.3. The molecule has 68 heavy (non-hydrogen) atoms. The van der Waals surface area contributed by atoms with Crippen LogP contribution in [0, 0.1) is 40.5 Å². The SMILES string of the molecule is CCCOc1c2cc([N+](=O)[O-])cc1Cc1cc([N+](=O)[O-])cc(c1OCCC)Cc1cc([N+](=O)[O-])cc(c1OCCCCSCCC[Si](OC)(OC)OC)Cc1cc([N+](=O)[O-])cc(c1OCCC)C2. The molecule has 19 nitrogen and oxygen atoms in total. The number of fused-ring (bicyclic) bond motifs is 8. The topological polar surface area (TPSA) is 237 Å². The Hall–Kier alpha value is -5.87. The van der Waals surface area contributed by atoms with Gasteiger partial charge in [-0.05, 0) is 50.0 Å². The lowest BCUT2D eigenvalue weighted by Gasteiger charge is -2.24. The molecule has 0 aromatic heterocycles. The molecule has 21 heteroatoms. The fraction of sp³-hybridized carbons (Fsp3) is 0.489. The Morgan fingerprint density at radius 1 is 0.441 bits per heavy atom. The zero-order valence-corrected chi connectivity index (χ0v) is 41.3. The third-order valence-electron chi connectivity index (χ3n) is 11.3. The number of nitrogens with zero attached hydrogens (tertiary/aromatic N) is 4. The van der Waals surface area contributed by atoms with Gasteiger partial charge in [0.25, 0.3) is 22.7 Å². The Labute approximate surface area is 400 Å². The molecule has 8 bridgehead atoms. The van der Waals surface area contributed by atoms with Crippen LogP contribution in [-0.2, 0) is 39.0 Å². The van der Waals surface area contributed by atoms with Gasteiger partial charge in [-0.3, -0.25) is 40.5 Å². The molecule has 1 aliphatic carbocycles. The average molecular weight is 981 g/mol. The van der Waals surface area contributed by atoms with E-state index >= 15 is 0 Å². The van der Waals surface area contributed by atoms with Crippen LogP contribution in [0.4, 0.5) is 22.7 Å². The smallest absolute Gasteiger partial charge is 0.493 e. The van der Waals surface area contributed by atoms with E-state index in [0.29, 0.717) is 76.2 Å². The summed E-state index contributed by atoms with van der Waals surface area (Å²) in [5.74, 6) is 2.83. The average Bonchev–Trinajstić information content (AvgIpc) is 3.31. The first-order chi connectivity index (χ1) is 32.7. The molecule has 0 radical (unpaired) electrons. The van der Waals surface area contributed by atoms with E-state index in [1.807, 2.05) is 20.8 Å². The monoisotopic (exact) mass is 980 g/mol. The summed E-state index contributed by atoms with van der Waals surface area (Å²) in [6.07, 6.45) is 3.45. The molecular formula is C47H60N4O15SSi. The van der Waals surface area contributed by atoms with Crippen LogP contribution < -0.4 is 18.9 Å². The van der Waals surface area contributed by atoms with Crippen molar-refractivity contribution in [3.05, 3.63) is 133 Å². The van der Waals surface area contributed by atoms with Gasteiger partial charge in [0.05, 0.1) is 46.1 Å². The second-order valence-electron chi connectivity index (χ2n) is 16.2. The van der Waals surface area contributed by atoms with Gasteiger partial charge in [0.15, 0.2) is 0 Å². The van der Waals surface area contributed by atoms with Gasteiger partial charge in [0.2, 0.25) is 0 Å². The molecule has 368 valence electrons. The quantitative estimate of drug-likeness (QED) is 0.0217. The van der Waals surface area contributed by atoms with Gasteiger partial charge < -0.3 is 32.2 Å². The molecule has 0 N–H and O–H groups in total. The van der Waals surface area contributed by atoms with Crippen LogP contribution in [0.5, 0.6) is 23.0 Å². The summed E-state index contributed by atoms with van der Waals surface area (Å²) in [5.41, 5.74) is 1.51. The number of thioether (sulfide) groups is 1. The Kier molecular flexibility index (Phi) is 19.9. The lowest BCUT2D eigenvalue weighted by molar-refractivity contribution is -0.385. The maximum Gasteiger partial charge on any atom is 0.500 e. The van der Waals surface area contributed by atoms with Crippen molar-refractivity contribution in [2.75, 3.05) is 59.3 Å². The number of non-ortho nitro benzene ring substituents is 4. The number of rotatable bonds is 26. The highest BCUT2D eigenvalue weighted by atomic mass is 32.2. The van der Waals surface area contributed by atoms with Gasteiger partial charge in [0, 0.05) is 146 Å². The molecule has 0 heterocycles. The third-order valence-corrected chi connectivity index (χ3v) is 15.2. The van der Waals surface area contributed by atoms with Crippen molar-refractivity contribution < 1.29 is 51.9 Å². The van der Waals surface area contributed by atoms with E-state index in [0.717, 1.165) is 24.3 Å². The minimum absolute atomic E-state index is 0.115. The second-order valence-corrected chi connectivity index (χ2v) is 20.5. The molecule has 0 amide bonds. The first-order valence-corrected chi connectivity index (χ1v) is 25.7. The van der Waals surface area contributed by atoms with Crippen molar-refractivity contribution in [1.82, 2.24) is 0 Å². The highest BCUT2D eigenvalue weighted by Gasteiger charge is 2.37. The largest absolute Gasteiger partial charge is 0.500 e. The summed E-state index contributed by atoms with van der Waals surface area (Å²) in [7, 11) is 2.08. The van der Waals surface area contributed by atoms with Crippen LogP contribution in [0.25, 0.3) is 0 Å². The predicted octanol–water partition coefficient (Wildman–Crippen LogP) is 10.5. The molecular weight excluding hydrogens is 921 g/mol. The van der Waals surface area contributed by atoms with Crippen molar-refractivity contribution in [3.63, 3.8) is 0 Å². The molecule has 0 atom stereocenters. The van der Waals surface area contributed by atoms with E-state index < -0.39 is 28.5 Å². The molecule has 0 saturated carbocycles. The Bertz CT molecular complexity index is 2300. The first-order valence-electron chi connectivity index (χ1n) is 22.7. The van der Waals surface area contributed by atoms with E-state index in [-0.39, 0.29) is 97.9 Å². The molecule has 4 aromatic rings. The first kappa shape index (κ1) is 53.1. The second kappa shape index (κ2) is 25.5. The summed E-state index contributed by atoms with van der Waals surface area (Å²) in [5, 5.41) is 50.6. The number of hydrogen-bond donors (Lipinski definition) is 0. The fourth-order valence-electron chi connectivity index (χ4n) is 8.12. The third kappa shape index (κ3) is 13.6. The van der Waals surface area contributed by atoms with Crippen molar-refractivity contribution in [1.29, 1.82) is 0 Å². The lowest BCUT2D eigenvalue weighted by atomic mass is 9.90. The molecule has 5 rings (SSSR count). The standard InChI is InChI=1S/C47H60N4O15SSi/c1-7-13-63-44-32-20-34-26-41(49(54)55)28-36(45(34)64-14-8-2)22-38-30-43(51(58)59)31-39(47(38)66-16-10-11-17-67-18-12-19-68(60-4,61-5)62-6)23-37-29-42(50(56)57)27-35(46(37)65-15-9-3)21-33(44)25-40(24-32)48(52)53/h24-31H,7-23H2,1-6H3. The lowest BCUT2D eigenvalue weighted by Crippen LogP contribution is -2.42. The maximum absolute atomic E-state index is 12.7. The van der Waals surface area contributed by atoms with E-state index in [4.69, 9.17) is 32.2 Å². The van der Waals surface area contributed by atoms with Crippen LogP contribution in [0.2, 0.25) is 6.04 Å². The highest BCUT2D eigenvalue weighted by molar-refractivity contribution is 7.99. The fourth-order valence-corrected chi connectivity index (χ4v) is 11.1. The number of ether oxygens (including phenoxy) is 4. The maximum atomic E-state index is 12.7. The van der Waals surface area contributed by atoms with E-state index in [1.165, 1.54) is 48.5 Å². The molecule has 4 aromatic carbocycles. The highest BCUT2D eigenvalue weighted by Crippen LogP contribution is 2.43. The van der Waals surface area contributed by atoms with Crippen LogP contribution in [0.1, 0.15) is 104 Å². The van der Waals surface area contributed by atoms with Crippen LogP contribution >= 0.6 is 11.8 Å². The van der Waals surface area contributed by atoms with Crippen LogP contribution in [0.3, 0.4) is 0 Å². The zero-order valence-electron chi connectivity index (χ0n) is 39.5. The molecule has 0 saturated heterocycles. The van der Waals surface area contributed by atoms with Crippen molar-refractivity contribution in [2.45, 2.75) is 91.0 Å². The van der Waals surface area contributed by atoms with Gasteiger partial charge in [-0.15, -0.1) is 0 Å². The minimum Gasteiger partial charge on any atom is -0.493 e. The number of hydrogen-bond acceptors (Lipinski definition) is 16. The van der Waals surface area contributed by atoms with Gasteiger partial charge in [-0.25, -0.2) is 0 Å². The van der Waals surface area contributed by atoms with Gasteiger partial charge in [0.1, 0.15) is 23.0 Å². The van der Waals surface area contributed by atoms with E-state index in [1.54, 1.807) is 33.1 Å². The number of unbranched alkanes of at least 4 members (excludes halogenated alkanes) is 1. The summed E-state index contributed by atoms with van der Waals surface area (Å²) in [6.45, 7) is 6.54. The minimum atomic E-state index is -2.67. The zero-order chi connectivity index (χ0) is 49.4. The number of benzene rings is 4. The van der Waals surface area contributed by atoms with Crippen LogP contribution in [0.15, 0.2) is 48.5 Å². The predicted molar refractivity (Wildman–Crippen MR) is 259 cm³/mol. The summed E-state index contributed by atoms with van der Waals surface area (Å²) in [6, 6.07) is 11.6. The van der Waals surface area contributed by atoms with E-state index in [9.17, 15) is 40.5 Å². The Morgan fingerprint density at radius 3 is 0.956 bits per heavy atom. The van der Waals surface area contributed by atoms with Gasteiger partial charge in [-0.1, -0.05) is 20.8 Å².